The van der Waals surface area contributed by atoms with Gasteiger partial charge in [-0.1, -0.05) is 0 Å². The average Bonchev–Trinajstić information content (AvgIpc) is 3.02. The monoisotopic (exact) mass is 360 g/mol. The van der Waals surface area contributed by atoms with E-state index in [1.807, 2.05) is 6.07 Å². The normalized spacial score (nSPS) is 18.0. The van der Waals surface area contributed by atoms with Gasteiger partial charge in [-0.2, -0.15) is 10.1 Å². The fraction of sp³-hybridized carbons (Fsp3) is 0.500. The van der Waals surface area contributed by atoms with Crippen molar-refractivity contribution in [2.24, 2.45) is 5.10 Å². The Kier molecular flexibility index (Phi) is 4.50. The first-order valence-electron chi connectivity index (χ1n) is 8.41. The van der Waals surface area contributed by atoms with Gasteiger partial charge in [-0.3, -0.25) is 4.79 Å². The van der Waals surface area contributed by atoms with E-state index < -0.39 is 0 Å². The lowest BCUT2D eigenvalue weighted by molar-refractivity contribution is 0.0921. The summed E-state index contributed by atoms with van der Waals surface area (Å²) in [6.07, 6.45) is 3.32. The van der Waals surface area contributed by atoms with E-state index in [4.69, 9.17) is 4.74 Å². The molecule has 2 N–H and O–H groups in total. The van der Waals surface area contributed by atoms with Gasteiger partial charge in [-0.05, 0) is 25.3 Å². The second kappa shape index (κ2) is 6.93. The third kappa shape index (κ3) is 3.29. The molecule has 1 aliphatic heterocycles. The van der Waals surface area contributed by atoms with Crippen molar-refractivity contribution in [3.8, 4) is 0 Å². The molecule has 132 valence electrons. The van der Waals surface area contributed by atoms with E-state index in [0.717, 1.165) is 42.0 Å². The fourth-order valence-electron chi connectivity index (χ4n) is 2.95. The maximum Gasteiger partial charge on any atom is 0.261 e. The molecule has 9 heteroatoms. The summed E-state index contributed by atoms with van der Waals surface area (Å²) in [6, 6.07) is 2.14. The number of hydrogen-bond donors (Lipinski definition) is 2. The number of rotatable bonds is 5. The van der Waals surface area contributed by atoms with Crippen molar-refractivity contribution in [1.29, 1.82) is 0 Å². The molecule has 0 radical (unpaired) electrons. The van der Waals surface area contributed by atoms with Crippen LogP contribution in [0.4, 0.5) is 11.8 Å². The lowest BCUT2D eigenvalue weighted by atomic mass is 9.93. The topological polar surface area (TPSA) is 91.7 Å². The third-order valence-corrected chi connectivity index (χ3v) is 5.63. The Hall–Kier alpha value is -2.26. The summed E-state index contributed by atoms with van der Waals surface area (Å²) >= 11 is 1.44. The summed E-state index contributed by atoms with van der Waals surface area (Å²) in [4.78, 5) is 24.3. The Bertz CT molecular complexity index is 797. The molecule has 4 rings (SSSR count). The number of morpholine rings is 1. The molecule has 3 heterocycles. The molecule has 0 atom stereocenters. The van der Waals surface area contributed by atoms with E-state index >= 15 is 0 Å². The number of aromatic nitrogens is 2. The summed E-state index contributed by atoms with van der Waals surface area (Å²) in [6.45, 7) is 6.26. The molecule has 2 aliphatic rings. The van der Waals surface area contributed by atoms with Crippen LogP contribution in [0.3, 0.4) is 0 Å². The number of nitrogens with zero attached hydrogens (tertiary/aromatic N) is 4. The molecule has 0 aromatic carbocycles. The second-order valence-electron chi connectivity index (χ2n) is 6.17. The molecule has 25 heavy (non-hydrogen) atoms. The van der Waals surface area contributed by atoms with Crippen LogP contribution in [0.2, 0.25) is 0 Å². The molecule has 1 saturated carbocycles. The van der Waals surface area contributed by atoms with Crippen LogP contribution < -0.4 is 15.6 Å². The van der Waals surface area contributed by atoms with E-state index in [0.29, 0.717) is 30.1 Å². The highest BCUT2D eigenvalue weighted by Crippen LogP contribution is 2.33. The Labute approximate surface area is 149 Å². The zero-order valence-corrected chi connectivity index (χ0v) is 14.6. The van der Waals surface area contributed by atoms with Gasteiger partial charge >= 0.3 is 0 Å². The molecular formula is C16H20N6O2S. The summed E-state index contributed by atoms with van der Waals surface area (Å²) in [5, 5.41) is 6.73. The van der Waals surface area contributed by atoms with E-state index in [-0.39, 0.29) is 5.91 Å². The lowest BCUT2D eigenvalue weighted by Gasteiger charge is -2.28. The predicted molar refractivity (Wildman–Crippen MR) is 98.7 cm³/mol. The van der Waals surface area contributed by atoms with Crippen LogP contribution in [0.1, 0.15) is 28.9 Å². The molecule has 2 aromatic rings. The van der Waals surface area contributed by atoms with Crippen LogP contribution in [0.5, 0.6) is 0 Å². The van der Waals surface area contributed by atoms with Crippen LogP contribution >= 0.6 is 11.3 Å². The third-order valence-electron chi connectivity index (χ3n) is 4.51. The number of anilines is 2. The Balaban J connectivity index is 1.70. The number of ether oxygens (including phenoxy) is 1. The van der Waals surface area contributed by atoms with E-state index in [1.54, 1.807) is 0 Å². The van der Waals surface area contributed by atoms with Crippen LogP contribution in [-0.2, 0) is 4.74 Å². The molecule has 1 aliphatic carbocycles. The average molecular weight is 360 g/mol. The molecular weight excluding hydrogens is 340 g/mol. The molecule has 0 unspecified atom stereocenters. The van der Waals surface area contributed by atoms with Crippen LogP contribution in [0.25, 0.3) is 10.2 Å². The van der Waals surface area contributed by atoms with Crippen molar-refractivity contribution in [1.82, 2.24) is 15.3 Å². The minimum Gasteiger partial charge on any atom is -0.378 e. The van der Waals surface area contributed by atoms with Crippen molar-refractivity contribution in [3.05, 3.63) is 10.9 Å². The number of hydrazone groups is 1. The molecule has 1 saturated heterocycles. The van der Waals surface area contributed by atoms with Gasteiger partial charge in [0.15, 0.2) is 5.82 Å². The van der Waals surface area contributed by atoms with Crippen LogP contribution in [0.15, 0.2) is 11.2 Å². The number of carbonyl (C=O) groups excluding carboxylic acids is 1. The number of amides is 1. The molecule has 8 nitrogen and oxygen atoms in total. The number of fused-ring (bicyclic) bond motifs is 1. The van der Waals surface area contributed by atoms with Crippen molar-refractivity contribution in [2.75, 3.05) is 36.6 Å². The highest BCUT2D eigenvalue weighted by molar-refractivity contribution is 7.21. The van der Waals surface area contributed by atoms with E-state index in [1.165, 1.54) is 17.8 Å². The number of thiophene rings is 1. The fourth-order valence-corrected chi connectivity index (χ4v) is 3.96. The molecule has 1 amide bonds. The number of carbonyl (C=O) groups is 1. The highest BCUT2D eigenvalue weighted by Gasteiger charge is 2.24. The Morgan fingerprint density at radius 2 is 2.16 bits per heavy atom. The zero-order chi connectivity index (χ0) is 17.2. The first kappa shape index (κ1) is 16.2. The Morgan fingerprint density at radius 3 is 2.84 bits per heavy atom. The van der Waals surface area contributed by atoms with E-state index in [2.05, 4.69) is 37.4 Å². The van der Waals surface area contributed by atoms with Crippen molar-refractivity contribution >= 4 is 45.9 Å². The predicted octanol–water partition coefficient (Wildman–Crippen LogP) is 1.84. The minimum absolute atomic E-state index is 0.0306. The van der Waals surface area contributed by atoms with E-state index in [9.17, 15) is 4.79 Å². The quantitative estimate of drug-likeness (QED) is 0.624. The minimum atomic E-state index is -0.0306. The summed E-state index contributed by atoms with van der Waals surface area (Å²) in [5.41, 5.74) is 3.45. The van der Waals surface area contributed by atoms with Crippen molar-refractivity contribution in [2.45, 2.75) is 25.3 Å². The lowest BCUT2D eigenvalue weighted by Crippen LogP contribution is -2.39. The first-order chi connectivity index (χ1) is 12.2. The van der Waals surface area contributed by atoms with Crippen LogP contribution in [0, 0.1) is 0 Å². The van der Waals surface area contributed by atoms with Crippen LogP contribution in [-0.4, -0.2) is 54.9 Å². The maximum absolute atomic E-state index is 12.5. The molecule has 2 fully saturated rings. The summed E-state index contributed by atoms with van der Waals surface area (Å²) in [5.74, 6) is 1.16. The zero-order valence-electron chi connectivity index (χ0n) is 13.8. The second-order valence-corrected chi connectivity index (χ2v) is 7.22. The number of hydrogen-bond acceptors (Lipinski definition) is 8. The highest BCUT2D eigenvalue weighted by atomic mass is 32.1. The standard InChI is InChI=1S/C16H20N6O2S/c1-17-21-16-19-11-9-12(15(23)18-10-3-2-4-10)25-13(11)14(20-16)22-5-7-24-8-6-22/h9-10H,1-8H2,(H,18,23)(H,19,20,21). The smallest absolute Gasteiger partial charge is 0.261 e. The largest absolute Gasteiger partial charge is 0.378 e. The van der Waals surface area contributed by atoms with Crippen molar-refractivity contribution in [3.63, 3.8) is 0 Å². The van der Waals surface area contributed by atoms with Gasteiger partial charge in [-0.15, -0.1) is 11.3 Å². The first-order valence-corrected chi connectivity index (χ1v) is 9.23. The summed E-state index contributed by atoms with van der Waals surface area (Å²) in [7, 11) is 0. The maximum atomic E-state index is 12.5. The molecule has 0 bridgehead atoms. The molecule has 0 spiro atoms. The van der Waals surface area contributed by atoms with Gasteiger partial charge in [0, 0.05) is 25.8 Å². The van der Waals surface area contributed by atoms with Crippen molar-refractivity contribution < 1.29 is 9.53 Å². The Morgan fingerprint density at radius 1 is 1.36 bits per heavy atom. The molecule has 2 aromatic heterocycles. The summed E-state index contributed by atoms with van der Waals surface area (Å²) < 4.78 is 6.34. The van der Waals surface area contributed by atoms with Gasteiger partial charge in [0.25, 0.3) is 5.91 Å². The van der Waals surface area contributed by atoms with Gasteiger partial charge in [-0.25, -0.2) is 10.4 Å². The van der Waals surface area contributed by atoms with Gasteiger partial charge in [0.05, 0.1) is 28.3 Å². The SMILES string of the molecule is C=NNc1nc(N2CCOCC2)c2sc(C(=O)NC3CCC3)cc2n1. The van der Waals surface area contributed by atoms with Gasteiger partial charge in [0.2, 0.25) is 5.95 Å². The van der Waals surface area contributed by atoms with Gasteiger partial charge in [0.1, 0.15) is 0 Å². The van der Waals surface area contributed by atoms with Gasteiger partial charge < -0.3 is 15.0 Å². The number of nitrogens with one attached hydrogen (secondary N) is 2.